The van der Waals surface area contributed by atoms with E-state index >= 15 is 0 Å². The molecule has 1 aliphatic carbocycles. The van der Waals surface area contributed by atoms with Gasteiger partial charge in [-0.1, -0.05) is 25.9 Å². The summed E-state index contributed by atoms with van der Waals surface area (Å²) in [5.74, 6) is 0.395. The van der Waals surface area contributed by atoms with E-state index in [0.717, 1.165) is 40.6 Å². The molecular formula is C22H26N6O. The van der Waals surface area contributed by atoms with Crippen molar-refractivity contribution in [3.05, 3.63) is 29.3 Å². The second kappa shape index (κ2) is 6.73. The van der Waals surface area contributed by atoms with Crippen molar-refractivity contribution >= 4 is 22.6 Å². The summed E-state index contributed by atoms with van der Waals surface area (Å²) in [5.41, 5.74) is 4.54. The van der Waals surface area contributed by atoms with Crippen molar-refractivity contribution in [2.75, 3.05) is 24.2 Å². The molecule has 2 aromatic heterocycles. The van der Waals surface area contributed by atoms with Crippen molar-refractivity contribution in [1.29, 1.82) is 5.26 Å². The number of anilines is 2. The van der Waals surface area contributed by atoms with Crippen molar-refractivity contribution in [1.82, 2.24) is 15.2 Å². The van der Waals surface area contributed by atoms with Gasteiger partial charge in [-0.25, -0.2) is 4.98 Å². The van der Waals surface area contributed by atoms with Crippen molar-refractivity contribution in [3.8, 4) is 17.7 Å². The molecule has 1 aromatic carbocycles. The molecule has 0 bridgehead atoms. The summed E-state index contributed by atoms with van der Waals surface area (Å²) < 4.78 is 5.63. The van der Waals surface area contributed by atoms with Crippen LogP contribution in [0.15, 0.2) is 22.6 Å². The minimum atomic E-state index is -0.197. The van der Waals surface area contributed by atoms with Crippen LogP contribution in [0.5, 0.6) is 0 Å². The maximum absolute atomic E-state index is 9.37. The number of nitrogens with zero attached hydrogens (tertiary/aromatic N) is 4. The molecule has 29 heavy (non-hydrogen) atoms. The van der Waals surface area contributed by atoms with E-state index in [2.05, 4.69) is 66.7 Å². The third-order valence-electron chi connectivity index (χ3n) is 5.51. The van der Waals surface area contributed by atoms with Gasteiger partial charge in [0.05, 0.1) is 17.0 Å². The highest BCUT2D eigenvalue weighted by atomic mass is 16.4. The van der Waals surface area contributed by atoms with Crippen LogP contribution < -0.4 is 10.6 Å². The molecule has 0 unspecified atom stereocenters. The fourth-order valence-electron chi connectivity index (χ4n) is 3.45. The normalized spacial score (nSPS) is 15.2. The van der Waals surface area contributed by atoms with Gasteiger partial charge in [0.2, 0.25) is 0 Å². The zero-order valence-electron chi connectivity index (χ0n) is 17.6. The Balaban J connectivity index is 1.81. The van der Waals surface area contributed by atoms with Gasteiger partial charge in [0.15, 0.2) is 0 Å². The van der Waals surface area contributed by atoms with Crippen LogP contribution >= 0.6 is 0 Å². The third kappa shape index (κ3) is 3.63. The van der Waals surface area contributed by atoms with E-state index in [-0.39, 0.29) is 10.8 Å². The molecule has 1 fully saturated rings. The van der Waals surface area contributed by atoms with E-state index in [1.165, 1.54) is 0 Å². The Hall–Kier alpha value is -3.14. The van der Waals surface area contributed by atoms with Crippen molar-refractivity contribution < 1.29 is 4.42 Å². The summed E-state index contributed by atoms with van der Waals surface area (Å²) in [6.07, 6.45) is 1.94. The molecule has 0 radical (unpaired) electrons. The Labute approximate surface area is 170 Å². The van der Waals surface area contributed by atoms with E-state index in [0.29, 0.717) is 24.1 Å². The number of nitriles is 1. The van der Waals surface area contributed by atoms with E-state index < -0.39 is 0 Å². The van der Waals surface area contributed by atoms with Crippen LogP contribution in [-0.2, 0) is 5.41 Å². The average molecular weight is 390 g/mol. The van der Waals surface area contributed by atoms with Crippen molar-refractivity contribution in [3.63, 3.8) is 0 Å². The van der Waals surface area contributed by atoms with Gasteiger partial charge in [0.25, 0.3) is 5.89 Å². The van der Waals surface area contributed by atoms with Gasteiger partial charge < -0.3 is 15.1 Å². The van der Waals surface area contributed by atoms with Crippen LogP contribution in [0.25, 0.3) is 22.5 Å². The van der Waals surface area contributed by atoms with E-state index in [9.17, 15) is 5.26 Å². The SMILES string of the molecule is CNc1nnc(-c2cc(C)c3cc(NCC4(C#N)CC4)cc(C(C)(C)C)c3n2)o1. The minimum absolute atomic E-state index is 0.106. The molecule has 7 nitrogen and oxygen atoms in total. The quantitative estimate of drug-likeness (QED) is 0.654. The number of pyridine rings is 1. The monoisotopic (exact) mass is 390 g/mol. The molecule has 0 aliphatic heterocycles. The van der Waals surface area contributed by atoms with E-state index in [4.69, 9.17) is 9.40 Å². The molecular weight excluding hydrogens is 364 g/mol. The lowest BCUT2D eigenvalue weighted by Gasteiger charge is -2.23. The molecule has 0 atom stereocenters. The number of aromatic nitrogens is 3. The Morgan fingerprint density at radius 1 is 1.21 bits per heavy atom. The number of rotatable bonds is 5. The first-order chi connectivity index (χ1) is 13.7. The summed E-state index contributed by atoms with van der Waals surface area (Å²) in [6, 6.07) is 9.06. The third-order valence-corrected chi connectivity index (χ3v) is 5.51. The lowest BCUT2D eigenvalue weighted by atomic mass is 9.84. The average Bonchev–Trinajstić information content (AvgIpc) is 3.31. The van der Waals surface area contributed by atoms with Gasteiger partial charge in [-0.3, -0.25) is 0 Å². The number of hydrogen-bond acceptors (Lipinski definition) is 7. The minimum Gasteiger partial charge on any atom is -0.402 e. The lowest BCUT2D eigenvalue weighted by Crippen LogP contribution is -2.16. The standard InChI is InChI=1S/C22H26N6O/c1-13-8-17(19-27-28-20(24-5)29-19)26-18-15(13)9-14(10-16(18)21(2,3)4)25-12-22(11-23)6-7-22/h8-10,25H,6-7,12H2,1-5H3,(H,24,28). The summed E-state index contributed by atoms with van der Waals surface area (Å²) in [5, 5.41) is 24.9. The second-order valence-electron chi connectivity index (χ2n) is 8.90. The van der Waals surface area contributed by atoms with Crippen LogP contribution in [0, 0.1) is 23.7 Å². The smallest absolute Gasteiger partial charge is 0.315 e. The molecule has 0 saturated heterocycles. The molecule has 7 heteroatoms. The number of aryl methyl sites for hydroxylation is 1. The van der Waals surface area contributed by atoms with Gasteiger partial charge in [-0.15, -0.1) is 5.10 Å². The first-order valence-corrected chi connectivity index (χ1v) is 9.87. The molecule has 1 saturated carbocycles. The second-order valence-corrected chi connectivity index (χ2v) is 8.90. The number of nitrogens with one attached hydrogen (secondary N) is 2. The molecule has 150 valence electrons. The fraction of sp³-hybridized carbons (Fsp3) is 0.455. The highest BCUT2D eigenvalue weighted by Crippen LogP contribution is 2.45. The Kier molecular flexibility index (Phi) is 4.45. The van der Waals surface area contributed by atoms with Gasteiger partial charge in [0.1, 0.15) is 5.69 Å². The van der Waals surface area contributed by atoms with Crippen LogP contribution in [0.4, 0.5) is 11.7 Å². The lowest BCUT2D eigenvalue weighted by molar-refractivity contribution is 0.582. The Morgan fingerprint density at radius 2 is 1.97 bits per heavy atom. The van der Waals surface area contributed by atoms with Gasteiger partial charge >= 0.3 is 6.01 Å². The topological polar surface area (TPSA) is 99.7 Å². The summed E-state index contributed by atoms with van der Waals surface area (Å²) in [7, 11) is 1.74. The maximum atomic E-state index is 9.37. The number of benzene rings is 1. The van der Waals surface area contributed by atoms with Gasteiger partial charge in [-0.05, 0) is 54.5 Å². The fourth-order valence-corrected chi connectivity index (χ4v) is 3.45. The first-order valence-electron chi connectivity index (χ1n) is 9.87. The Morgan fingerprint density at radius 3 is 2.55 bits per heavy atom. The largest absolute Gasteiger partial charge is 0.402 e. The summed E-state index contributed by atoms with van der Waals surface area (Å²) in [6.45, 7) is 9.28. The van der Waals surface area contributed by atoms with Crippen LogP contribution in [0.3, 0.4) is 0 Å². The van der Waals surface area contributed by atoms with Crippen molar-refractivity contribution in [2.45, 2.75) is 46.0 Å². The van der Waals surface area contributed by atoms with Crippen LogP contribution in [0.1, 0.15) is 44.7 Å². The van der Waals surface area contributed by atoms with Gasteiger partial charge in [0, 0.05) is 24.7 Å². The molecule has 0 amide bonds. The molecule has 2 heterocycles. The van der Waals surface area contributed by atoms with Crippen LogP contribution in [-0.4, -0.2) is 28.8 Å². The highest BCUT2D eigenvalue weighted by molar-refractivity contribution is 5.90. The first kappa shape index (κ1) is 19.2. The zero-order chi connectivity index (χ0) is 20.8. The molecule has 4 rings (SSSR count). The predicted molar refractivity (Wildman–Crippen MR) is 114 cm³/mol. The molecule has 1 aliphatic rings. The number of fused-ring (bicyclic) bond motifs is 1. The zero-order valence-corrected chi connectivity index (χ0v) is 17.6. The predicted octanol–water partition coefficient (Wildman–Crippen LogP) is 4.65. The van der Waals surface area contributed by atoms with E-state index in [1.54, 1.807) is 7.05 Å². The van der Waals surface area contributed by atoms with Crippen molar-refractivity contribution in [2.24, 2.45) is 5.41 Å². The van der Waals surface area contributed by atoms with E-state index in [1.807, 2.05) is 6.07 Å². The van der Waals surface area contributed by atoms with Crippen LogP contribution in [0.2, 0.25) is 0 Å². The Bertz CT molecular complexity index is 1110. The molecule has 0 spiro atoms. The summed E-state index contributed by atoms with van der Waals surface area (Å²) >= 11 is 0. The number of hydrogen-bond donors (Lipinski definition) is 2. The molecule has 3 aromatic rings. The van der Waals surface area contributed by atoms with Gasteiger partial charge in [-0.2, -0.15) is 5.26 Å². The summed E-state index contributed by atoms with van der Waals surface area (Å²) in [4.78, 5) is 4.89. The maximum Gasteiger partial charge on any atom is 0.315 e. The highest BCUT2D eigenvalue weighted by Gasteiger charge is 2.42. The molecule has 2 N–H and O–H groups in total.